The van der Waals surface area contributed by atoms with E-state index in [0.717, 1.165) is 6.26 Å². The number of ether oxygens (including phenoxy) is 1. The molecule has 0 aromatic rings. The van der Waals surface area contributed by atoms with E-state index in [9.17, 15) is 13.2 Å². The summed E-state index contributed by atoms with van der Waals surface area (Å²) in [7, 11) is -2.36. The Balaban J connectivity index is 5.09. The van der Waals surface area contributed by atoms with Gasteiger partial charge in [-0.25, -0.2) is 0 Å². The quantitative estimate of drug-likeness (QED) is 0.394. The van der Waals surface area contributed by atoms with Crippen LogP contribution >= 0.6 is 0 Å². The molecule has 0 aliphatic rings. The van der Waals surface area contributed by atoms with E-state index in [4.69, 9.17) is 4.18 Å². The lowest BCUT2D eigenvalue weighted by Crippen LogP contribution is -2.36. The van der Waals surface area contributed by atoms with Gasteiger partial charge in [-0.3, -0.25) is 8.98 Å². The molecule has 5 nitrogen and oxygen atoms in total. The van der Waals surface area contributed by atoms with E-state index in [1.54, 1.807) is 19.9 Å². The lowest BCUT2D eigenvalue weighted by Gasteiger charge is -2.26. The van der Waals surface area contributed by atoms with E-state index >= 15 is 0 Å². The molecule has 0 spiro atoms. The van der Waals surface area contributed by atoms with E-state index < -0.39 is 28.1 Å². The topological polar surface area (TPSA) is 69.7 Å². The van der Waals surface area contributed by atoms with Crippen LogP contribution in [0.2, 0.25) is 0 Å². The van der Waals surface area contributed by atoms with Gasteiger partial charge in [0.25, 0.3) is 10.1 Å². The molecular weight excluding hydrogens is 244 g/mol. The number of hydrogen-bond acceptors (Lipinski definition) is 5. The molecule has 0 aliphatic heterocycles. The van der Waals surface area contributed by atoms with Gasteiger partial charge < -0.3 is 4.74 Å². The zero-order valence-electron chi connectivity index (χ0n) is 10.7. The molecule has 0 aromatic heterocycles. The maximum Gasteiger partial charge on any atom is 0.311 e. The third kappa shape index (κ3) is 5.83. The van der Waals surface area contributed by atoms with Gasteiger partial charge in [-0.1, -0.05) is 19.9 Å². The van der Waals surface area contributed by atoms with E-state index in [1.807, 2.05) is 0 Å². The van der Waals surface area contributed by atoms with Crippen LogP contribution in [0.1, 0.15) is 20.3 Å². The first-order valence-corrected chi connectivity index (χ1v) is 7.11. The van der Waals surface area contributed by atoms with Crippen LogP contribution in [-0.2, 0) is 23.8 Å². The number of esters is 1. The van der Waals surface area contributed by atoms with Crippen molar-refractivity contribution in [2.75, 3.05) is 13.4 Å². The van der Waals surface area contributed by atoms with Crippen LogP contribution in [0.3, 0.4) is 0 Å². The average molecular weight is 264 g/mol. The van der Waals surface area contributed by atoms with E-state index in [-0.39, 0.29) is 5.92 Å². The van der Waals surface area contributed by atoms with Crippen LogP contribution in [0.25, 0.3) is 0 Å². The second kappa shape index (κ2) is 6.76. The summed E-state index contributed by atoms with van der Waals surface area (Å²) < 4.78 is 31.9. The van der Waals surface area contributed by atoms with Crippen LogP contribution in [0.5, 0.6) is 0 Å². The predicted octanol–water partition coefficient (Wildman–Crippen LogP) is 1.35. The van der Waals surface area contributed by atoms with Crippen molar-refractivity contribution in [1.29, 1.82) is 0 Å². The first-order chi connectivity index (χ1) is 7.72. The molecule has 2 atom stereocenters. The van der Waals surface area contributed by atoms with E-state index in [0.29, 0.717) is 6.42 Å². The predicted molar refractivity (Wildman–Crippen MR) is 64.9 cm³/mol. The van der Waals surface area contributed by atoms with Gasteiger partial charge in [-0.05, 0) is 12.3 Å². The molecule has 0 amide bonds. The summed E-state index contributed by atoms with van der Waals surface area (Å²) in [6, 6.07) is 0. The first-order valence-electron chi connectivity index (χ1n) is 5.30. The summed E-state index contributed by atoms with van der Waals surface area (Å²) in [5.41, 5.74) is 0. The van der Waals surface area contributed by atoms with Crippen molar-refractivity contribution in [3.8, 4) is 0 Å². The fraction of sp³-hybridized carbons (Fsp3) is 0.727. The Hall–Kier alpha value is -0.880. The minimum atomic E-state index is -3.62. The van der Waals surface area contributed by atoms with Crippen molar-refractivity contribution in [2.24, 2.45) is 11.8 Å². The lowest BCUT2D eigenvalue weighted by atomic mass is 9.91. The molecular formula is C11H20O5S. The maximum atomic E-state index is 11.6. The molecule has 6 heteroatoms. The molecule has 0 radical (unpaired) electrons. The molecule has 0 N–H and O–H groups in total. The number of rotatable bonds is 7. The van der Waals surface area contributed by atoms with Crippen molar-refractivity contribution in [3.63, 3.8) is 0 Å². The van der Waals surface area contributed by atoms with Crippen LogP contribution in [0.4, 0.5) is 0 Å². The summed E-state index contributed by atoms with van der Waals surface area (Å²) in [6.45, 7) is 7.12. The van der Waals surface area contributed by atoms with Crippen molar-refractivity contribution < 1.29 is 22.1 Å². The highest BCUT2D eigenvalue weighted by Gasteiger charge is 2.33. The minimum absolute atomic E-state index is 0.131. The monoisotopic (exact) mass is 264 g/mol. The molecule has 0 aromatic carbocycles. The number of carbonyl (C=O) groups is 1. The molecule has 17 heavy (non-hydrogen) atoms. The lowest BCUT2D eigenvalue weighted by molar-refractivity contribution is -0.149. The Morgan fingerprint density at radius 2 is 1.94 bits per heavy atom. The van der Waals surface area contributed by atoms with Gasteiger partial charge in [-0.15, -0.1) is 6.58 Å². The third-order valence-electron chi connectivity index (χ3n) is 2.26. The van der Waals surface area contributed by atoms with Gasteiger partial charge in [-0.2, -0.15) is 8.42 Å². The largest absolute Gasteiger partial charge is 0.469 e. The fourth-order valence-electron chi connectivity index (χ4n) is 1.54. The molecule has 100 valence electrons. The number of carbonyl (C=O) groups excluding carboxylic acids is 1. The summed E-state index contributed by atoms with van der Waals surface area (Å²) in [5.74, 6) is -1.28. The SMILES string of the molecule is C=CCC(C(=O)OC)C(OS(C)(=O)=O)C(C)C. The Kier molecular flexibility index (Phi) is 6.41. The van der Waals surface area contributed by atoms with Gasteiger partial charge in [0.2, 0.25) is 0 Å². The van der Waals surface area contributed by atoms with Crippen molar-refractivity contribution in [1.82, 2.24) is 0 Å². The Morgan fingerprint density at radius 1 is 1.41 bits per heavy atom. The zero-order chi connectivity index (χ0) is 13.6. The number of allylic oxidation sites excluding steroid dienone is 1. The zero-order valence-corrected chi connectivity index (χ0v) is 11.5. The summed E-state index contributed by atoms with van der Waals surface area (Å²) in [5, 5.41) is 0. The number of hydrogen-bond donors (Lipinski definition) is 0. The van der Waals surface area contributed by atoms with Crippen molar-refractivity contribution in [2.45, 2.75) is 26.4 Å². The second-order valence-electron chi connectivity index (χ2n) is 4.16. The molecule has 0 rings (SSSR count). The van der Waals surface area contributed by atoms with Gasteiger partial charge in [0, 0.05) is 0 Å². The van der Waals surface area contributed by atoms with Crippen LogP contribution in [0, 0.1) is 11.8 Å². The summed E-state index contributed by atoms with van der Waals surface area (Å²) >= 11 is 0. The Bertz CT molecular complexity index is 358. The standard InChI is InChI=1S/C11H20O5S/c1-6-7-9(11(12)15-4)10(8(2)3)16-17(5,13)14/h6,8-10H,1,7H2,2-5H3. The molecule has 0 saturated heterocycles. The van der Waals surface area contributed by atoms with Gasteiger partial charge in [0.1, 0.15) is 0 Å². The first kappa shape index (κ1) is 16.1. The highest BCUT2D eigenvalue weighted by molar-refractivity contribution is 7.86. The van der Waals surface area contributed by atoms with Crippen molar-refractivity contribution in [3.05, 3.63) is 12.7 Å². The van der Waals surface area contributed by atoms with Gasteiger partial charge in [0.05, 0.1) is 25.4 Å². The normalized spacial score (nSPS) is 15.4. The van der Waals surface area contributed by atoms with Crippen LogP contribution in [0.15, 0.2) is 12.7 Å². The Labute approximate surface area is 103 Å². The smallest absolute Gasteiger partial charge is 0.311 e. The number of methoxy groups -OCH3 is 1. The molecule has 2 unspecified atom stereocenters. The maximum absolute atomic E-state index is 11.6. The van der Waals surface area contributed by atoms with Crippen molar-refractivity contribution >= 4 is 16.1 Å². The fourth-order valence-corrected chi connectivity index (χ4v) is 2.30. The molecule has 0 saturated carbocycles. The highest BCUT2D eigenvalue weighted by atomic mass is 32.2. The summed E-state index contributed by atoms with van der Waals surface area (Å²) in [6.07, 6.45) is 2.08. The summed E-state index contributed by atoms with van der Waals surface area (Å²) in [4.78, 5) is 11.6. The molecule has 0 fully saturated rings. The average Bonchev–Trinajstić information content (AvgIpc) is 2.20. The van der Waals surface area contributed by atoms with E-state index in [2.05, 4.69) is 11.3 Å². The van der Waals surface area contributed by atoms with Crippen LogP contribution in [-0.4, -0.2) is 33.9 Å². The van der Waals surface area contributed by atoms with Crippen LogP contribution < -0.4 is 0 Å². The third-order valence-corrected chi connectivity index (χ3v) is 2.84. The Morgan fingerprint density at radius 3 is 2.24 bits per heavy atom. The molecule has 0 heterocycles. The van der Waals surface area contributed by atoms with Gasteiger partial charge in [0.15, 0.2) is 0 Å². The molecule has 0 aliphatic carbocycles. The minimum Gasteiger partial charge on any atom is -0.469 e. The molecule has 0 bridgehead atoms. The second-order valence-corrected chi connectivity index (χ2v) is 5.76. The van der Waals surface area contributed by atoms with Gasteiger partial charge >= 0.3 is 5.97 Å². The highest BCUT2D eigenvalue weighted by Crippen LogP contribution is 2.23. The van der Waals surface area contributed by atoms with E-state index in [1.165, 1.54) is 7.11 Å².